The summed E-state index contributed by atoms with van der Waals surface area (Å²) >= 11 is 1.27. The lowest BCUT2D eigenvalue weighted by atomic mass is 10.2. The molecule has 9 nitrogen and oxygen atoms in total. The number of nitrogen functional groups attached to an aromatic ring is 1. The molecule has 0 atom stereocenters. The monoisotopic (exact) mass is 345 g/mol. The number of nitrogens with two attached hydrogens (primary N) is 1. The Morgan fingerprint density at radius 3 is 3.00 bits per heavy atom. The fourth-order valence-electron chi connectivity index (χ4n) is 2.12. The van der Waals surface area contributed by atoms with Crippen molar-refractivity contribution in [3.8, 4) is 22.1 Å². The van der Waals surface area contributed by atoms with Crippen molar-refractivity contribution in [2.75, 3.05) is 12.5 Å². The van der Waals surface area contributed by atoms with Crippen molar-refractivity contribution in [3.63, 3.8) is 0 Å². The molecule has 122 valence electrons. The minimum absolute atomic E-state index is 0.0397. The van der Waals surface area contributed by atoms with Gasteiger partial charge in [0.25, 0.3) is 5.91 Å². The maximum Gasteiger partial charge on any atom is 0.312 e. The minimum Gasteiger partial charge on any atom is -0.454 e. The van der Waals surface area contributed by atoms with Crippen molar-refractivity contribution < 1.29 is 18.7 Å². The van der Waals surface area contributed by atoms with Gasteiger partial charge in [-0.2, -0.15) is 0 Å². The number of hydrogen-bond acceptors (Lipinski definition) is 9. The van der Waals surface area contributed by atoms with Crippen LogP contribution in [0.1, 0.15) is 15.6 Å². The molecule has 0 aliphatic carbocycles. The van der Waals surface area contributed by atoms with E-state index in [9.17, 15) is 4.79 Å². The van der Waals surface area contributed by atoms with Gasteiger partial charge < -0.3 is 24.9 Å². The number of nitrogens with one attached hydrogen (secondary N) is 1. The van der Waals surface area contributed by atoms with Crippen molar-refractivity contribution >= 4 is 23.3 Å². The number of carbonyl (C=O) groups is 1. The molecule has 1 aliphatic heterocycles. The number of nitrogens with zero attached hydrogens (tertiary/aromatic N) is 3. The van der Waals surface area contributed by atoms with Crippen LogP contribution in [0.5, 0.6) is 11.5 Å². The first-order valence-electron chi connectivity index (χ1n) is 6.91. The Morgan fingerprint density at radius 2 is 2.17 bits per heavy atom. The molecule has 0 saturated heterocycles. The smallest absolute Gasteiger partial charge is 0.312 e. The maximum absolute atomic E-state index is 12.2. The molecular formula is C14H11N5O4S. The molecular weight excluding hydrogens is 334 g/mol. The van der Waals surface area contributed by atoms with Gasteiger partial charge in [-0.15, -0.1) is 16.4 Å². The molecule has 10 heteroatoms. The number of anilines is 1. The van der Waals surface area contributed by atoms with Crippen molar-refractivity contribution in [2.24, 2.45) is 0 Å². The van der Waals surface area contributed by atoms with Gasteiger partial charge in [0.05, 0.1) is 12.7 Å². The van der Waals surface area contributed by atoms with E-state index in [0.717, 1.165) is 5.56 Å². The van der Waals surface area contributed by atoms with Gasteiger partial charge in [-0.25, -0.2) is 4.98 Å². The maximum atomic E-state index is 12.2. The van der Waals surface area contributed by atoms with Crippen LogP contribution < -0.4 is 20.5 Å². The molecule has 3 N–H and O–H groups in total. The predicted octanol–water partition coefficient (Wildman–Crippen LogP) is 1.43. The summed E-state index contributed by atoms with van der Waals surface area (Å²) in [6, 6.07) is 5.49. The van der Waals surface area contributed by atoms with Crippen LogP contribution in [0.2, 0.25) is 0 Å². The largest absolute Gasteiger partial charge is 0.454 e. The van der Waals surface area contributed by atoms with Crippen LogP contribution in [0.3, 0.4) is 0 Å². The Hall–Kier alpha value is -3.14. The first kappa shape index (κ1) is 14.5. The summed E-state index contributed by atoms with van der Waals surface area (Å²) in [5.74, 6) is 1.33. The average Bonchev–Trinajstić information content (AvgIpc) is 3.32. The van der Waals surface area contributed by atoms with Gasteiger partial charge in [0.2, 0.25) is 12.7 Å². The molecule has 0 fully saturated rings. The highest BCUT2D eigenvalue weighted by molar-refractivity contribution is 7.16. The lowest BCUT2D eigenvalue weighted by molar-refractivity contribution is 0.0951. The Labute approximate surface area is 139 Å². The van der Waals surface area contributed by atoms with E-state index in [2.05, 4.69) is 20.5 Å². The van der Waals surface area contributed by atoms with E-state index in [4.69, 9.17) is 19.6 Å². The van der Waals surface area contributed by atoms with E-state index in [-0.39, 0.29) is 31.2 Å². The van der Waals surface area contributed by atoms with Crippen molar-refractivity contribution in [1.29, 1.82) is 0 Å². The third-order valence-electron chi connectivity index (χ3n) is 3.23. The lowest BCUT2D eigenvalue weighted by Crippen LogP contribution is -2.21. The number of hydrogen-bond donors (Lipinski definition) is 2. The SMILES string of the molecule is Nc1nnc(CNC(=O)c2cnc(-c3ccc4c(c3)OCO4)s2)o1. The number of ether oxygens (including phenoxy) is 2. The molecule has 1 aromatic carbocycles. The second kappa shape index (κ2) is 5.81. The Kier molecular flexibility index (Phi) is 3.50. The topological polar surface area (TPSA) is 125 Å². The predicted molar refractivity (Wildman–Crippen MR) is 83.6 cm³/mol. The van der Waals surface area contributed by atoms with Crippen molar-refractivity contribution in [3.05, 3.63) is 35.2 Å². The first-order valence-corrected chi connectivity index (χ1v) is 7.72. The number of fused-ring (bicyclic) bond motifs is 1. The van der Waals surface area contributed by atoms with Crippen LogP contribution in [0, 0.1) is 0 Å². The third kappa shape index (κ3) is 2.74. The number of aromatic nitrogens is 3. The molecule has 2 aromatic heterocycles. The summed E-state index contributed by atoms with van der Waals surface area (Å²) < 4.78 is 15.6. The molecule has 0 unspecified atom stereocenters. The Balaban J connectivity index is 1.47. The van der Waals surface area contributed by atoms with Gasteiger partial charge >= 0.3 is 6.01 Å². The van der Waals surface area contributed by atoms with Crippen molar-refractivity contribution in [2.45, 2.75) is 6.54 Å². The molecule has 0 saturated carbocycles. The zero-order valence-electron chi connectivity index (χ0n) is 12.2. The van der Waals surface area contributed by atoms with Crippen LogP contribution in [0.4, 0.5) is 6.01 Å². The Bertz CT molecular complexity index is 906. The average molecular weight is 345 g/mol. The molecule has 1 aliphatic rings. The summed E-state index contributed by atoms with van der Waals surface area (Å²) in [4.78, 5) is 16.9. The van der Waals surface area contributed by atoms with E-state index >= 15 is 0 Å². The molecule has 4 rings (SSSR count). The van der Waals surface area contributed by atoms with Crippen LogP contribution in [0.25, 0.3) is 10.6 Å². The number of rotatable bonds is 4. The zero-order valence-corrected chi connectivity index (χ0v) is 13.0. The van der Waals surface area contributed by atoms with Gasteiger partial charge in [0.15, 0.2) is 11.5 Å². The van der Waals surface area contributed by atoms with E-state index in [1.165, 1.54) is 17.5 Å². The summed E-state index contributed by atoms with van der Waals surface area (Å²) in [7, 11) is 0. The molecule has 24 heavy (non-hydrogen) atoms. The van der Waals surface area contributed by atoms with Gasteiger partial charge in [-0.3, -0.25) is 4.79 Å². The quantitative estimate of drug-likeness (QED) is 0.727. The van der Waals surface area contributed by atoms with Crippen LogP contribution in [-0.2, 0) is 6.54 Å². The van der Waals surface area contributed by atoms with E-state index in [0.29, 0.717) is 21.4 Å². The number of amides is 1. The number of thiazole rings is 1. The zero-order chi connectivity index (χ0) is 16.5. The highest BCUT2D eigenvalue weighted by atomic mass is 32.1. The van der Waals surface area contributed by atoms with Crippen molar-refractivity contribution in [1.82, 2.24) is 20.5 Å². The minimum atomic E-state index is -0.281. The van der Waals surface area contributed by atoms with Gasteiger partial charge in [0.1, 0.15) is 9.88 Å². The highest BCUT2D eigenvalue weighted by Gasteiger charge is 2.17. The van der Waals surface area contributed by atoms with Gasteiger partial charge in [-0.05, 0) is 18.2 Å². The van der Waals surface area contributed by atoms with Gasteiger partial charge in [-0.1, -0.05) is 5.10 Å². The fraction of sp³-hybridized carbons (Fsp3) is 0.143. The second-order valence-corrected chi connectivity index (χ2v) is 5.85. The molecule has 1 amide bonds. The normalized spacial score (nSPS) is 12.3. The first-order chi connectivity index (χ1) is 11.7. The molecule has 0 radical (unpaired) electrons. The summed E-state index contributed by atoms with van der Waals surface area (Å²) in [5, 5.41) is 10.6. The molecule has 3 heterocycles. The molecule has 3 aromatic rings. The van der Waals surface area contributed by atoms with Gasteiger partial charge in [0, 0.05) is 5.56 Å². The summed E-state index contributed by atoms with van der Waals surface area (Å²) in [6.45, 7) is 0.310. The van der Waals surface area contributed by atoms with Crippen LogP contribution in [-0.4, -0.2) is 27.9 Å². The number of benzene rings is 1. The molecule has 0 bridgehead atoms. The summed E-state index contributed by atoms with van der Waals surface area (Å²) in [6.07, 6.45) is 1.52. The fourth-order valence-corrected chi connectivity index (χ4v) is 2.95. The van der Waals surface area contributed by atoms with E-state index in [1.54, 1.807) is 0 Å². The van der Waals surface area contributed by atoms with Crippen LogP contribution >= 0.6 is 11.3 Å². The third-order valence-corrected chi connectivity index (χ3v) is 4.28. The number of carbonyl (C=O) groups excluding carboxylic acids is 1. The summed E-state index contributed by atoms with van der Waals surface area (Å²) in [5.41, 5.74) is 6.18. The lowest BCUT2D eigenvalue weighted by Gasteiger charge is -1.99. The Morgan fingerprint density at radius 1 is 1.29 bits per heavy atom. The second-order valence-electron chi connectivity index (χ2n) is 4.81. The van der Waals surface area contributed by atoms with E-state index in [1.807, 2.05) is 18.2 Å². The highest BCUT2D eigenvalue weighted by Crippen LogP contribution is 2.36. The molecule has 0 spiro atoms. The van der Waals surface area contributed by atoms with E-state index < -0.39 is 0 Å². The standard InChI is InChI=1S/C14H11N5O4S/c15-14-19-18-11(23-14)5-16-12(20)10-4-17-13(24-10)7-1-2-8-9(3-7)22-6-21-8/h1-4H,5-6H2,(H2,15,19)(H,16,20). The van der Waals surface area contributed by atoms with Crippen LogP contribution in [0.15, 0.2) is 28.8 Å².